The number of rotatable bonds is 6. The van der Waals surface area contributed by atoms with Crippen LogP contribution in [0.3, 0.4) is 0 Å². The summed E-state index contributed by atoms with van der Waals surface area (Å²) in [5.74, 6) is -3.70. The number of hydrogen-bond acceptors (Lipinski definition) is 5. The summed E-state index contributed by atoms with van der Waals surface area (Å²) in [5, 5.41) is 2.10. The Balaban J connectivity index is 2.05. The number of sulfonamides is 1. The fourth-order valence-corrected chi connectivity index (χ4v) is 2.86. The third-order valence-electron chi connectivity index (χ3n) is 3.27. The van der Waals surface area contributed by atoms with Crippen molar-refractivity contribution in [3.05, 3.63) is 58.6 Å². The molecule has 0 atom stereocenters. The maximum atomic E-state index is 13.8. The zero-order valence-corrected chi connectivity index (χ0v) is 15.3. The van der Waals surface area contributed by atoms with E-state index in [1.54, 1.807) is 0 Å². The van der Waals surface area contributed by atoms with Gasteiger partial charge in [0.15, 0.2) is 6.61 Å². The summed E-state index contributed by atoms with van der Waals surface area (Å²) in [6.07, 6.45) is 0. The number of halogens is 3. The zero-order valence-electron chi connectivity index (χ0n) is 13.8. The van der Waals surface area contributed by atoms with Gasteiger partial charge < -0.3 is 10.1 Å². The van der Waals surface area contributed by atoms with Crippen LogP contribution < -0.4 is 10.0 Å². The molecule has 0 aromatic heterocycles. The Morgan fingerprint density at radius 1 is 1.11 bits per heavy atom. The molecule has 0 bridgehead atoms. The number of esters is 1. The average molecular weight is 419 g/mol. The van der Waals surface area contributed by atoms with E-state index in [-0.39, 0.29) is 15.6 Å². The van der Waals surface area contributed by atoms with Crippen molar-refractivity contribution in [2.24, 2.45) is 0 Å². The van der Waals surface area contributed by atoms with Gasteiger partial charge in [0, 0.05) is 5.69 Å². The summed E-state index contributed by atoms with van der Waals surface area (Å²) in [5.41, 5.74) is -0.486. The number of nitrogens with one attached hydrogen (secondary N) is 2. The van der Waals surface area contributed by atoms with Gasteiger partial charge in [-0.1, -0.05) is 11.6 Å². The second-order valence-electron chi connectivity index (χ2n) is 5.10. The van der Waals surface area contributed by atoms with Crippen LogP contribution in [0.1, 0.15) is 10.4 Å². The lowest BCUT2D eigenvalue weighted by atomic mass is 10.2. The summed E-state index contributed by atoms with van der Waals surface area (Å²) in [6, 6.07) is 5.99. The van der Waals surface area contributed by atoms with E-state index in [1.807, 2.05) is 4.72 Å². The number of carbonyl (C=O) groups is 2. The molecule has 0 spiro atoms. The van der Waals surface area contributed by atoms with Gasteiger partial charge in [-0.05, 0) is 43.4 Å². The lowest BCUT2D eigenvalue weighted by molar-refractivity contribution is -0.119. The van der Waals surface area contributed by atoms with E-state index in [4.69, 9.17) is 11.6 Å². The normalized spacial score (nSPS) is 11.1. The van der Waals surface area contributed by atoms with Crippen LogP contribution in [-0.4, -0.2) is 33.9 Å². The predicted octanol–water partition coefficient (Wildman–Crippen LogP) is 2.32. The molecule has 27 heavy (non-hydrogen) atoms. The molecule has 7 nitrogen and oxygen atoms in total. The van der Waals surface area contributed by atoms with Crippen molar-refractivity contribution >= 4 is 39.2 Å². The number of hydrogen-bond donors (Lipinski definition) is 2. The first-order valence-corrected chi connectivity index (χ1v) is 9.15. The first-order valence-electron chi connectivity index (χ1n) is 7.29. The van der Waals surface area contributed by atoms with Gasteiger partial charge in [0.25, 0.3) is 5.91 Å². The van der Waals surface area contributed by atoms with Crippen molar-refractivity contribution in [1.29, 1.82) is 0 Å². The smallest absolute Gasteiger partial charge is 0.341 e. The summed E-state index contributed by atoms with van der Waals surface area (Å²) in [6.45, 7) is -0.781. The fraction of sp³-hybridized carbons (Fsp3) is 0.125. The van der Waals surface area contributed by atoms with Crippen molar-refractivity contribution in [3.8, 4) is 0 Å². The van der Waals surface area contributed by atoms with Gasteiger partial charge in [0.1, 0.15) is 11.6 Å². The molecule has 2 aromatic rings. The van der Waals surface area contributed by atoms with Gasteiger partial charge in [-0.25, -0.2) is 26.7 Å². The molecular weight excluding hydrogens is 406 g/mol. The molecule has 0 radical (unpaired) electrons. The highest BCUT2D eigenvalue weighted by Gasteiger charge is 2.20. The molecule has 2 aromatic carbocycles. The van der Waals surface area contributed by atoms with Crippen LogP contribution in [-0.2, 0) is 19.6 Å². The Morgan fingerprint density at radius 3 is 2.41 bits per heavy atom. The second-order valence-corrected chi connectivity index (χ2v) is 7.40. The summed E-state index contributed by atoms with van der Waals surface area (Å²) in [4.78, 5) is 23.4. The minimum atomic E-state index is -3.90. The Hall–Kier alpha value is -2.56. The molecule has 0 heterocycles. The van der Waals surface area contributed by atoms with Gasteiger partial charge in [0.2, 0.25) is 10.0 Å². The summed E-state index contributed by atoms with van der Waals surface area (Å²) < 4.78 is 57.0. The van der Waals surface area contributed by atoms with Gasteiger partial charge in [-0.2, -0.15) is 0 Å². The SMILES string of the molecule is CNS(=O)(=O)c1ccc(F)c(C(=O)OCC(=O)Nc2ccc(F)c(Cl)c2)c1. The van der Waals surface area contributed by atoms with Crippen molar-refractivity contribution in [3.63, 3.8) is 0 Å². The van der Waals surface area contributed by atoms with Crippen molar-refractivity contribution in [2.45, 2.75) is 4.90 Å². The largest absolute Gasteiger partial charge is 0.452 e. The molecule has 0 saturated heterocycles. The third-order valence-corrected chi connectivity index (χ3v) is 4.98. The van der Waals surface area contributed by atoms with E-state index in [9.17, 15) is 26.8 Å². The molecule has 0 unspecified atom stereocenters. The fourth-order valence-electron chi connectivity index (χ4n) is 1.93. The minimum Gasteiger partial charge on any atom is -0.452 e. The molecule has 144 valence electrons. The maximum absolute atomic E-state index is 13.8. The number of anilines is 1. The Morgan fingerprint density at radius 2 is 1.78 bits per heavy atom. The molecule has 1 amide bonds. The van der Waals surface area contributed by atoms with Gasteiger partial charge in [-0.3, -0.25) is 4.79 Å². The highest BCUT2D eigenvalue weighted by Crippen LogP contribution is 2.19. The molecule has 0 fully saturated rings. The van der Waals surface area contributed by atoms with Crippen LogP contribution in [0.25, 0.3) is 0 Å². The molecule has 2 N–H and O–H groups in total. The van der Waals surface area contributed by atoms with Gasteiger partial charge >= 0.3 is 5.97 Å². The van der Waals surface area contributed by atoms with Crippen LogP contribution >= 0.6 is 11.6 Å². The standard InChI is InChI=1S/C16H13ClF2N2O5S/c1-20-27(24,25)10-3-5-13(18)11(7-10)16(23)26-8-15(22)21-9-2-4-14(19)12(17)6-9/h2-7,20H,8H2,1H3,(H,21,22). The topological polar surface area (TPSA) is 102 Å². The van der Waals surface area contributed by atoms with E-state index in [1.165, 1.54) is 6.07 Å². The lowest BCUT2D eigenvalue weighted by Gasteiger charge is -2.09. The maximum Gasteiger partial charge on any atom is 0.341 e. The number of carbonyl (C=O) groups excluding carboxylic acids is 2. The van der Waals surface area contributed by atoms with Crippen molar-refractivity contribution in [1.82, 2.24) is 4.72 Å². The molecule has 0 saturated carbocycles. The van der Waals surface area contributed by atoms with Crippen molar-refractivity contribution in [2.75, 3.05) is 19.0 Å². The molecule has 2 rings (SSSR count). The number of amides is 1. The molecule has 0 aliphatic rings. The van der Waals surface area contributed by atoms with E-state index < -0.39 is 45.7 Å². The third kappa shape index (κ3) is 5.22. The highest BCUT2D eigenvalue weighted by molar-refractivity contribution is 7.89. The summed E-state index contributed by atoms with van der Waals surface area (Å²) >= 11 is 5.58. The molecule has 0 aliphatic heterocycles. The van der Waals surface area contributed by atoms with E-state index in [0.29, 0.717) is 0 Å². The Bertz CT molecular complexity index is 998. The number of benzene rings is 2. The average Bonchev–Trinajstić information content (AvgIpc) is 2.63. The first-order chi connectivity index (χ1) is 12.6. The molecular formula is C16H13ClF2N2O5S. The van der Waals surface area contributed by atoms with Gasteiger partial charge in [-0.15, -0.1) is 0 Å². The molecule has 0 aliphatic carbocycles. The van der Waals surface area contributed by atoms with Gasteiger partial charge in [0.05, 0.1) is 15.5 Å². The number of ether oxygens (including phenoxy) is 1. The van der Waals surface area contributed by atoms with Crippen LogP contribution in [0.4, 0.5) is 14.5 Å². The predicted molar refractivity (Wildman–Crippen MR) is 93.0 cm³/mol. The quantitative estimate of drug-likeness (QED) is 0.701. The van der Waals surface area contributed by atoms with Crippen LogP contribution in [0.15, 0.2) is 41.3 Å². The first kappa shape index (κ1) is 20.7. The minimum absolute atomic E-state index is 0.163. The Labute approximate surface area is 158 Å². The van der Waals surface area contributed by atoms with E-state index >= 15 is 0 Å². The Kier molecular flexibility index (Phi) is 6.47. The second kappa shape index (κ2) is 8.42. The molecule has 11 heteroatoms. The van der Waals surface area contributed by atoms with E-state index in [0.717, 1.165) is 37.4 Å². The summed E-state index contributed by atoms with van der Waals surface area (Å²) in [7, 11) is -2.74. The lowest BCUT2D eigenvalue weighted by Crippen LogP contribution is -2.22. The monoisotopic (exact) mass is 418 g/mol. The van der Waals surface area contributed by atoms with E-state index in [2.05, 4.69) is 10.1 Å². The highest BCUT2D eigenvalue weighted by atomic mass is 35.5. The van der Waals surface area contributed by atoms with Crippen LogP contribution in [0.2, 0.25) is 5.02 Å². The van der Waals surface area contributed by atoms with Crippen molar-refractivity contribution < 1.29 is 31.5 Å². The van der Waals surface area contributed by atoms with Crippen LogP contribution in [0.5, 0.6) is 0 Å². The zero-order chi connectivity index (χ0) is 20.2. The van der Waals surface area contributed by atoms with Crippen LogP contribution in [0, 0.1) is 11.6 Å².